The number of rotatable bonds is 3. The third-order valence-electron chi connectivity index (χ3n) is 2.12. The molecule has 0 saturated carbocycles. The number of benzene rings is 1. The van der Waals surface area contributed by atoms with Crippen molar-refractivity contribution in [2.45, 2.75) is 0 Å². The lowest BCUT2D eigenvalue weighted by Crippen LogP contribution is -1.84. The Morgan fingerprint density at radius 1 is 1.53 bits per heavy atom. The number of halogens is 1. The van der Waals surface area contributed by atoms with E-state index in [-0.39, 0.29) is 0 Å². The van der Waals surface area contributed by atoms with Crippen LogP contribution in [0.4, 0.5) is 5.69 Å². The Balaban J connectivity index is 2.50. The number of thiocarbonyl (C=S) groups is 1. The van der Waals surface area contributed by atoms with Gasteiger partial charge in [-0.3, -0.25) is 0 Å². The molecule has 86 valence electrons. The van der Waals surface area contributed by atoms with Crippen LogP contribution < -0.4 is 4.74 Å². The molecule has 1 aromatic carbocycles. The van der Waals surface area contributed by atoms with E-state index in [9.17, 15) is 0 Å². The fourth-order valence-corrected chi connectivity index (χ4v) is 2.24. The average molecular weight is 283 g/mol. The van der Waals surface area contributed by atoms with Crippen LogP contribution in [0.5, 0.6) is 5.75 Å². The maximum absolute atomic E-state index is 5.80. The van der Waals surface area contributed by atoms with Crippen molar-refractivity contribution < 1.29 is 4.74 Å². The van der Waals surface area contributed by atoms with Gasteiger partial charge in [-0.25, -0.2) is 4.98 Å². The van der Waals surface area contributed by atoms with Crippen LogP contribution in [-0.4, -0.2) is 17.3 Å². The highest BCUT2D eigenvalue weighted by Crippen LogP contribution is 2.33. The van der Waals surface area contributed by atoms with Gasteiger partial charge in [-0.05, 0) is 30.4 Å². The van der Waals surface area contributed by atoms with Crippen molar-refractivity contribution in [3.8, 4) is 17.0 Å². The minimum absolute atomic E-state index is 0.510. The van der Waals surface area contributed by atoms with Crippen molar-refractivity contribution in [2.75, 3.05) is 7.11 Å². The highest BCUT2D eigenvalue weighted by Gasteiger charge is 2.07. The second-order valence-electron chi connectivity index (χ2n) is 3.08. The van der Waals surface area contributed by atoms with E-state index in [1.807, 2.05) is 23.6 Å². The maximum Gasteiger partial charge on any atom is 0.184 e. The van der Waals surface area contributed by atoms with Gasteiger partial charge in [-0.1, -0.05) is 11.6 Å². The molecule has 0 aliphatic rings. The molecule has 0 atom stereocenters. The Kier molecular flexibility index (Phi) is 3.86. The number of hydrogen-bond donors (Lipinski definition) is 0. The second-order valence-corrected chi connectivity index (χ2v) is 4.70. The molecule has 0 bridgehead atoms. The van der Waals surface area contributed by atoms with Gasteiger partial charge >= 0.3 is 0 Å². The summed E-state index contributed by atoms with van der Waals surface area (Å²) >= 11 is 11.8. The highest BCUT2D eigenvalue weighted by molar-refractivity contribution is 7.78. The predicted molar refractivity (Wildman–Crippen MR) is 73.8 cm³/mol. The minimum atomic E-state index is 0.510. The summed E-state index contributed by atoms with van der Waals surface area (Å²) in [6, 6.07) is 5.55. The van der Waals surface area contributed by atoms with Gasteiger partial charge in [0.25, 0.3) is 0 Å². The average Bonchev–Trinajstić information content (AvgIpc) is 2.76. The molecule has 2 aromatic rings. The van der Waals surface area contributed by atoms with Gasteiger partial charge in [-0.2, -0.15) is 4.99 Å². The molecule has 0 fully saturated rings. The Hall–Kier alpha value is -1.26. The molecular weight excluding hydrogens is 276 g/mol. The van der Waals surface area contributed by atoms with Crippen LogP contribution >= 0.6 is 35.2 Å². The standard InChI is InChI=1S/C11H7ClN2OS2/c1-15-10-3-2-7(4-8(10)13-6-16)9-5-17-11(12)14-9/h2-5H,1H3. The number of aromatic nitrogens is 1. The Bertz CT molecular complexity index is 591. The van der Waals surface area contributed by atoms with Crippen molar-refractivity contribution in [1.82, 2.24) is 4.98 Å². The highest BCUT2D eigenvalue weighted by atomic mass is 35.5. The first kappa shape index (κ1) is 12.2. The first-order chi connectivity index (χ1) is 8.24. The van der Waals surface area contributed by atoms with Crippen molar-refractivity contribution in [2.24, 2.45) is 4.99 Å². The lowest BCUT2D eigenvalue weighted by Gasteiger charge is -2.04. The Labute approximate surface area is 113 Å². The quantitative estimate of drug-likeness (QED) is 0.625. The van der Waals surface area contributed by atoms with Crippen LogP contribution in [0.2, 0.25) is 4.47 Å². The molecular formula is C11H7ClN2OS2. The second kappa shape index (κ2) is 5.38. The van der Waals surface area contributed by atoms with Crippen LogP contribution in [0.3, 0.4) is 0 Å². The third-order valence-corrected chi connectivity index (χ3v) is 3.19. The van der Waals surface area contributed by atoms with Crippen LogP contribution in [0.1, 0.15) is 0 Å². The summed E-state index contributed by atoms with van der Waals surface area (Å²) in [4.78, 5) is 8.15. The number of methoxy groups -OCH3 is 1. The van der Waals surface area contributed by atoms with Gasteiger partial charge < -0.3 is 4.74 Å². The van der Waals surface area contributed by atoms with E-state index in [1.165, 1.54) is 11.3 Å². The largest absolute Gasteiger partial charge is 0.494 e. The number of isothiocyanates is 1. The summed E-state index contributed by atoms with van der Waals surface area (Å²) in [7, 11) is 1.58. The number of aliphatic imine (C=N–C) groups is 1. The van der Waals surface area contributed by atoms with Crippen molar-refractivity contribution in [1.29, 1.82) is 0 Å². The summed E-state index contributed by atoms with van der Waals surface area (Å²) in [5, 5.41) is 4.21. The zero-order valence-corrected chi connectivity index (χ0v) is 11.2. The summed E-state index contributed by atoms with van der Waals surface area (Å²) in [5.41, 5.74) is 2.35. The molecule has 0 unspecified atom stereocenters. The Morgan fingerprint density at radius 2 is 2.35 bits per heavy atom. The van der Waals surface area contributed by atoms with E-state index in [2.05, 4.69) is 27.4 Å². The molecule has 6 heteroatoms. The lowest BCUT2D eigenvalue weighted by atomic mass is 10.1. The van der Waals surface area contributed by atoms with Gasteiger partial charge in [0, 0.05) is 10.9 Å². The molecule has 3 nitrogen and oxygen atoms in total. The van der Waals surface area contributed by atoms with Crippen LogP contribution in [0, 0.1) is 0 Å². The van der Waals surface area contributed by atoms with Gasteiger partial charge in [0.1, 0.15) is 11.4 Å². The van der Waals surface area contributed by atoms with Crippen molar-refractivity contribution in [3.05, 3.63) is 28.0 Å². The molecule has 17 heavy (non-hydrogen) atoms. The molecule has 0 aliphatic carbocycles. The SMILES string of the molecule is COc1ccc(-c2csc(Cl)n2)cc1N=C=S. The minimum Gasteiger partial charge on any atom is -0.494 e. The van der Waals surface area contributed by atoms with Gasteiger partial charge in [-0.15, -0.1) is 11.3 Å². The van der Waals surface area contributed by atoms with Crippen LogP contribution in [0.25, 0.3) is 11.3 Å². The topological polar surface area (TPSA) is 34.5 Å². The smallest absolute Gasteiger partial charge is 0.184 e. The van der Waals surface area contributed by atoms with Gasteiger partial charge in [0.2, 0.25) is 0 Å². The Morgan fingerprint density at radius 3 is 2.94 bits per heavy atom. The molecule has 2 rings (SSSR count). The molecule has 0 aliphatic heterocycles. The van der Waals surface area contributed by atoms with E-state index in [0.29, 0.717) is 15.9 Å². The van der Waals surface area contributed by atoms with Gasteiger partial charge in [0.15, 0.2) is 4.47 Å². The summed E-state index contributed by atoms with van der Waals surface area (Å²) in [6.07, 6.45) is 0. The predicted octanol–water partition coefficient (Wildman–Crippen LogP) is 4.21. The van der Waals surface area contributed by atoms with Crippen LogP contribution in [0.15, 0.2) is 28.6 Å². The lowest BCUT2D eigenvalue weighted by molar-refractivity contribution is 0.416. The first-order valence-electron chi connectivity index (χ1n) is 4.62. The third kappa shape index (κ3) is 2.70. The maximum atomic E-state index is 5.80. The number of thiazole rings is 1. The summed E-state index contributed by atoms with van der Waals surface area (Å²) in [5.74, 6) is 0.646. The molecule has 0 N–H and O–H groups in total. The fraction of sp³-hybridized carbons (Fsp3) is 0.0909. The number of nitrogens with zero attached hydrogens (tertiary/aromatic N) is 2. The summed E-state index contributed by atoms with van der Waals surface area (Å²) < 4.78 is 5.68. The molecule has 0 radical (unpaired) electrons. The molecule has 0 amide bonds. The first-order valence-corrected chi connectivity index (χ1v) is 6.28. The number of ether oxygens (including phenoxy) is 1. The molecule has 1 heterocycles. The normalized spacial score (nSPS) is 9.76. The summed E-state index contributed by atoms with van der Waals surface area (Å²) in [6.45, 7) is 0. The van der Waals surface area contributed by atoms with Crippen molar-refractivity contribution in [3.63, 3.8) is 0 Å². The van der Waals surface area contributed by atoms with Gasteiger partial charge in [0.05, 0.1) is 18.0 Å². The molecule has 0 spiro atoms. The zero-order valence-electron chi connectivity index (χ0n) is 8.81. The van der Waals surface area contributed by atoms with Crippen LogP contribution in [-0.2, 0) is 0 Å². The van der Waals surface area contributed by atoms with E-state index < -0.39 is 0 Å². The van der Waals surface area contributed by atoms with E-state index in [0.717, 1.165) is 11.3 Å². The molecule has 1 aromatic heterocycles. The zero-order chi connectivity index (χ0) is 12.3. The monoisotopic (exact) mass is 282 g/mol. The fourth-order valence-electron chi connectivity index (χ4n) is 1.37. The van der Waals surface area contributed by atoms with E-state index in [1.54, 1.807) is 7.11 Å². The number of hydrogen-bond acceptors (Lipinski definition) is 5. The van der Waals surface area contributed by atoms with E-state index >= 15 is 0 Å². The van der Waals surface area contributed by atoms with E-state index in [4.69, 9.17) is 16.3 Å². The van der Waals surface area contributed by atoms with Crippen molar-refractivity contribution >= 4 is 46.0 Å². The molecule has 0 saturated heterocycles.